The highest BCUT2D eigenvalue weighted by Gasteiger charge is 2.46. The number of aromatic nitrogens is 1. The first kappa shape index (κ1) is 29.3. The Balaban J connectivity index is 1.26. The van der Waals surface area contributed by atoms with E-state index < -0.39 is 5.41 Å². The van der Waals surface area contributed by atoms with Crippen LogP contribution in [-0.4, -0.2) is 4.98 Å². The lowest BCUT2D eigenvalue weighted by atomic mass is 9.67. The van der Waals surface area contributed by atoms with Crippen molar-refractivity contribution in [2.75, 3.05) is 4.90 Å². The summed E-state index contributed by atoms with van der Waals surface area (Å²) in [6.07, 6.45) is 0. The van der Waals surface area contributed by atoms with Crippen molar-refractivity contribution >= 4 is 38.9 Å². The molecule has 1 aliphatic rings. The van der Waals surface area contributed by atoms with Gasteiger partial charge in [0.1, 0.15) is 0 Å². The predicted octanol–water partition coefficient (Wildman–Crippen LogP) is 12.8. The minimum absolute atomic E-state index is 0.549. The zero-order chi connectivity index (χ0) is 33.8. The smallest absolute Gasteiger partial charge is 0.0714 e. The maximum absolute atomic E-state index is 3.76. The van der Waals surface area contributed by atoms with Crippen LogP contribution in [0.5, 0.6) is 0 Å². The highest BCUT2D eigenvalue weighted by molar-refractivity contribution is 6.12. The second kappa shape index (κ2) is 11.8. The topological polar surface area (TPSA) is 19.0 Å². The molecule has 0 saturated carbocycles. The summed E-state index contributed by atoms with van der Waals surface area (Å²) < 4.78 is 0. The van der Waals surface area contributed by atoms with Crippen molar-refractivity contribution in [2.24, 2.45) is 0 Å². The molecule has 1 aliphatic carbocycles. The number of hydrogen-bond acceptors (Lipinski definition) is 1. The Bertz CT molecular complexity index is 2600. The highest BCUT2D eigenvalue weighted by Crippen LogP contribution is 2.58. The van der Waals surface area contributed by atoms with Crippen LogP contribution in [0.3, 0.4) is 0 Å². The average molecular weight is 651 g/mol. The molecule has 2 nitrogen and oxygen atoms in total. The largest absolute Gasteiger partial charge is 0.354 e. The van der Waals surface area contributed by atoms with Gasteiger partial charge in [-0.25, -0.2) is 0 Å². The third kappa shape index (κ3) is 4.50. The number of hydrogen-bond donors (Lipinski definition) is 1. The van der Waals surface area contributed by atoms with Crippen molar-refractivity contribution in [3.8, 4) is 22.3 Å². The van der Waals surface area contributed by atoms with Crippen molar-refractivity contribution in [1.82, 2.24) is 4.98 Å². The molecule has 1 N–H and O–H groups in total. The van der Waals surface area contributed by atoms with Crippen molar-refractivity contribution in [1.29, 1.82) is 0 Å². The van der Waals surface area contributed by atoms with Crippen LogP contribution in [-0.2, 0) is 5.41 Å². The summed E-state index contributed by atoms with van der Waals surface area (Å²) in [5.41, 5.74) is 15.2. The minimum atomic E-state index is -0.549. The van der Waals surface area contributed by atoms with Crippen molar-refractivity contribution in [3.63, 3.8) is 0 Å². The molecular formula is C49H34N2. The summed E-state index contributed by atoms with van der Waals surface area (Å²) in [4.78, 5) is 6.13. The van der Waals surface area contributed by atoms with E-state index in [1.54, 1.807) is 0 Å². The number of aromatic amines is 1. The number of anilines is 3. The van der Waals surface area contributed by atoms with Gasteiger partial charge in [0.25, 0.3) is 0 Å². The number of benzene rings is 8. The van der Waals surface area contributed by atoms with Gasteiger partial charge in [-0.05, 0) is 87.5 Å². The molecule has 0 unspecified atom stereocenters. The number of nitrogens with zero attached hydrogens (tertiary/aromatic N) is 1. The number of rotatable bonds is 6. The molecule has 0 amide bonds. The first-order valence-corrected chi connectivity index (χ1v) is 17.6. The fraction of sp³-hybridized carbons (Fsp3) is 0.0204. The van der Waals surface area contributed by atoms with E-state index in [1.165, 1.54) is 60.8 Å². The van der Waals surface area contributed by atoms with Crippen LogP contribution < -0.4 is 4.90 Å². The Morgan fingerprint density at radius 1 is 0.373 bits per heavy atom. The molecule has 0 spiro atoms. The summed E-state index contributed by atoms with van der Waals surface area (Å²) in [6.45, 7) is 0. The zero-order valence-electron chi connectivity index (χ0n) is 28.0. The van der Waals surface area contributed by atoms with E-state index >= 15 is 0 Å². The molecule has 0 radical (unpaired) electrons. The Labute approximate surface area is 297 Å². The second-order valence-corrected chi connectivity index (χ2v) is 13.4. The number of fused-ring (bicyclic) bond motifs is 6. The standard InChI is InChI=1S/C49H34N2/c1-5-16-35(17-6-1)49(36-18-7-2-8-19-36)45-32-34(40-25-15-26-44-43-24-13-14-27-47(43)50-48(40)44)28-30-41(45)42-31-29-39(33-46(42)49)51(37-20-9-3-10-21-37)38-22-11-4-12-23-38/h1-33,50H. The van der Waals surface area contributed by atoms with Crippen LogP contribution >= 0.6 is 0 Å². The molecule has 0 atom stereocenters. The fourth-order valence-corrected chi connectivity index (χ4v) is 8.50. The van der Waals surface area contributed by atoms with Gasteiger partial charge in [-0.3, -0.25) is 0 Å². The summed E-state index contributed by atoms with van der Waals surface area (Å²) in [5, 5.41) is 2.50. The number of para-hydroxylation sites is 4. The van der Waals surface area contributed by atoms with Crippen LogP contribution in [0.15, 0.2) is 200 Å². The molecule has 8 aromatic carbocycles. The summed E-state index contributed by atoms with van der Waals surface area (Å²) in [7, 11) is 0. The molecule has 10 rings (SSSR count). The SMILES string of the molecule is c1ccc(N(c2ccccc2)c2ccc3c(c2)C(c2ccccc2)(c2ccccc2)c2cc(-c4cccc5c4[nH]c4ccccc45)ccc2-3)cc1. The van der Waals surface area contributed by atoms with Crippen LogP contribution in [0.4, 0.5) is 17.1 Å². The van der Waals surface area contributed by atoms with Crippen LogP contribution in [0.2, 0.25) is 0 Å². The molecule has 1 heterocycles. The first-order valence-electron chi connectivity index (χ1n) is 17.6. The predicted molar refractivity (Wildman–Crippen MR) is 213 cm³/mol. The molecule has 1 aromatic heterocycles. The average Bonchev–Trinajstić information content (AvgIpc) is 3.73. The van der Waals surface area contributed by atoms with E-state index in [9.17, 15) is 0 Å². The third-order valence-electron chi connectivity index (χ3n) is 10.7. The van der Waals surface area contributed by atoms with Crippen LogP contribution in [0.1, 0.15) is 22.3 Å². The number of H-pyrrole nitrogens is 1. The molecule has 0 bridgehead atoms. The highest BCUT2D eigenvalue weighted by atomic mass is 15.1. The van der Waals surface area contributed by atoms with Gasteiger partial charge in [-0.1, -0.05) is 152 Å². The van der Waals surface area contributed by atoms with E-state index in [0.29, 0.717) is 0 Å². The monoisotopic (exact) mass is 650 g/mol. The fourth-order valence-electron chi connectivity index (χ4n) is 8.50. The Kier molecular flexibility index (Phi) is 6.75. The van der Waals surface area contributed by atoms with Gasteiger partial charge < -0.3 is 9.88 Å². The van der Waals surface area contributed by atoms with Crippen molar-refractivity contribution < 1.29 is 0 Å². The van der Waals surface area contributed by atoms with E-state index in [4.69, 9.17) is 0 Å². The molecule has 0 saturated heterocycles. The van der Waals surface area contributed by atoms with Crippen molar-refractivity contribution in [2.45, 2.75) is 5.41 Å². The van der Waals surface area contributed by atoms with Crippen molar-refractivity contribution in [3.05, 3.63) is 222 Å². The molecule has 0 fully saturated rings. The lowest BCUT2D eigenvalue weighted by molar-refractivity contribution is 0.768. The van der Waals surface area contributed by atoms with E-state index in [2.05, 4.69) is 210 Å². The number of nitrogens with one attached hydrogen (secondary N) is 1. The van der Waals surface area contributed by atoms with Gasteiger partial charge in [0.05, 0.1) is 10.9 Å². The summed E-state index contributed by atoms with van der Waals surface area (Å²) in [6, 6.07) is 73.0. The van der Waals surface area contributed by atoms with Gasteiger partial charge in [0.15, 0.2) is 0 Å². The molecule has 9 aromatic rings. The Morgan fingerprint density at radius 3 is 1.55 bits per heavy atom. The molecule has 2 heteroatoms. The Hall–Kier alpha value is -6.64. The summed E-state index contributed by atoms with van der Waals surface area (Å²) >= 11 is 0. The minimum Gasteiger partial charge on any atom is -0.354 e. The normalized spacial score (nSPS) is 12.9. The molecular weight excluding hydrogens is 617 g/mol. The van der Waals surface area contributed by atoms with Gasteiger partial charge in [0, 0.05) is 38.9 Å². The molecule has 240 valence electrons. The Morgan fingerprint density at radius 2 is 0.902 bits per heavy atom. The maximum atomic E-state index is 3.76. The quantitative estimate of drug-likeness (QED) is 0.190. The second-order valence-electron chi connectivity index (χ2n) is 13.4. The van der Waals surface area contributed by atoms with E-state index in [0.717, 1.165) is 22.6 Å². The lowest BCUT2D eigenvalue weighted by Crippen LogP contribution is -2.28. The van der Waals surface area contributed by atoms with E-state index in [-0.39, 0.29) is 0 Å². The zero-order valence-corrected chi connectivity index (χ0v) is 28.0. The maximum Gasteiger partial charge on any atom is 0.0714 e. The van der Waals surface area contributed by atoms with Crippen LogP contribution in [0, 0.1) is 0 Å². The first-order chi connectivity index (χ1) is 25.3. The summed E-state index contributed by atoms with van der Waals surface area (Å²) in [5.74, 6) is 0. The van der Waals surface area contributed by atoms with Gasteiger partial charge in [0.2, 0.25) is 0 Å². The van der Waals surface area contributed by atoms with E-state index in [1.807, 2.05) is 0 Å². The molecule has 51 heavy (non-hydrogen) atoms. The van der Waals surface area contributed by atoms with Gasteiger partial charge in [-0.2, -0.15) is 0 Å². The van der Waals surface area contributed by atoms with Gasteiger partial charge in [-0.15, -0.1) is 0 Å². The van der Waals surface area contributed by atoms with Crippen LogP contribution in [0.25, 0.3) is 44.1 Å². The molecule has 0 aliphatic heterocycles. The van der Waals surface area contributed by atoms with Gasteiger partial charge >= 0.3 is 0 Å². The lowest BCUT2D eigenvalue weighted by Gasteiger charge is -2.35. The third-order valence-corrected chi connectivity index (χ3v) is 10.7.